The van der Waals surface area contributed by atoms with Crippen molar-refractivity contribution in [3.63, 3.8) is 0 Å². The second-order valence-electron chi connectivity index (χ2n) is 3.13. The molecule has 0 atom stereocenters. The average molecular weight is 249 g/mol. The summed E-state index contributed by atoms with van der Waals surface area (Å²) >= 11 is 5.74. The lowest BCUT2D eigenvalue weighted by atomic mass is 10.3. The van der Waals surface area contributed by atoms with Crippen molar-refractivity contribution in [1.29, 1.82) is 5.26 Å². The van der Waals surface area contributed by atoms with Crippen molar-refractivity contribution in [2.24, 2.45) is 0 Å². The zero-order chi connectivity index (χ0) is 12.3. The van der Waals surface area contributed by atoms with Crippen LogP contribution in [0.15, 0.2) is 30.5 Å². The third-order valence-electron chi connectivity index (χ3n) is 1.95. The first-order valence-corrected chi connectivity index (χ1v) is 5.02. The summed E-state index contributed by atoms with van der Waals surface area (Å²) in [6.45, 7) is 0. The van der Waals surface area contributed by atoms with Crippen molar-refractivity contribution < 1.29 is 4.39 Å². The lowest BCUT2D eigenvalue weighted by molar-refractivity contribution is 0.631. The Hall–Kier alpha value is -2.19. The molecule has 1 aromatic heterocycles. The molecule has 0 aliphatic heterocycles. The molecule has 84 valence electrons. The summed E-state index contributed by atoms with van der Waals surface area (Å²) in [5.74, 6) is -0.328. The van der Waals surface area contributed by atoms with Gasteiger partial charge in [0.25, 0.3) is 0 Å². The molecule has 0 aliphatic carbocycles. The van der Waals surface area contributed by atoms with E-state index in [1.54, 1.807) is 0 Å². The molecule has 0 aliphatic rings. The molecule has 1 heterocycles. The van der Waals surface area contributed by atoms with Crippen LogP contribution >= 0.6 is 11.6 Å². The summed E-state index contributed by atoms with van der Waals surface area (Å²) in [5.41, 5.74) is 0.359. The molecule has 1 N–H and O–H groups in total. The summed E-state index contributed by atoms with van der Waals surface area (Å²) in [6.07, 6.45) is 1.41. The monoisotopic (exact) mass is 248 g/mol. The number of benzene rings is 1. The van der Waals surface area contributed by atoms with Crippen LogP contribution in [-0.4, -0.2) is 9.97 Å². The maximum absolute atomic E-state index is 13.4. The fourth-order valence-electron chi connectivity index (χ4n) is 1.19. The van der Waals surface area contributed by atoms with Gasteiger partial charge in [-0.3, -0.25) is 0 Å². The number of rotatable bonds is 2. The lowest BCUT2D eigenvalue weighted by Gasteiger charge is -2.05. The zero-order valence-corrected chi connectivity index (χ0v) is 9.24. The number of hydrogen-bond donors (Lipinski definition) is 1. The lowest BCUT2D eigenvalue weighted by Crippen LogP contribution is -1.99. The summed E-state index contributed by atoms with van der Waals surface area (Å²) in [6, 6.07) is 7.42. The molecule has 4 nitrogen and oxygen atoms in total. The quantitative estimate of drug-likeness (QED) is 0.888. The minimum atomic E-state index is -0.472. The van der Waals surface area contributed by atoms with Crippen LogP contribution in [0.2, 0.25) is 5.02 Å². The zero-order valence-electron chi connectivity index (χ0n) is 8.48. The van der Waals surface area contributed by atoms with E-state index in [0.29, 0.717) is 5.02 Å². The number of hydrogen-bond acceptors (Lipinski definition) is 4. The van der Waals surface area contributed by atoms with Crippen LogP contribution in [0.25, 0.3) is 0 Å². The predicted molar refractivity (Wildman–Crippen MR) is 61.4 cm³/mol. The van der Waals surface area contributed by atoms with Gasteiger partial charge in [0, 0.05) is 11.2 Å². The van der Waals surface area contributed by atoms with Gasteiger partial charge in [0.1, 0.15) is 17.6 Å². The second-order valence-corrected chi connectivity index (χ2v) is 3.56. The molecule has 0 amide bonds. The van der Waals surface area contributed by atoms with Gasteiger partial charge in [-0.05, 0) is 24.3 Å². The molecule has 2 rings (SSSR count). The van der Waals surface area contributed by atoms with Gasteiger partial charge in [-0.25, -0.2) is 14.4 Å². The molecule has 2 aromatic rings. The largest absolute Gasteiger partial charge is 0.322 e. The van der Waals surface area contributed by atoms with E-state index in [1.807, 2.05) is 6.07 Å². The minimum Gasteiger partial charge on any atom is -0.322 e. The van der Waals surface area contributed by atoms with Gasteiger partial charge in [-0.1, -0.05) is 11.6 Å². The van der Waals surface area contributed by atoms with Gasteiger partial charge in [-0.15, -0.1) is 0 Å². The van der Waals surface area contributed by atoms with Crippen LogP contribution < -0.4 is 5.32 Å². The third kappa shape index (κ3) is 2.68. The molecule has 0 radical (unpaired) electrons. The molecule has 6 heteroatoms. The molecule has 0 saturated carbocycles. The third-order valence-corrected chi connectivity index (χ3v) is 2.18. The fraction of sp³-hybridized carbons (Fsp3) is 0. The summed E-state index contributed by atoms with van der Waals surface area (Å²) in [5, 5.41) is 11.7. The highest BCUT2D eigenvalue weighted by atomic mass is 35.5. The highest BCUT2D eigenvalue weighted by Gasteiger charge is 2.05. The number of aromatic nitrogens is 2. The van der Waals surface area contributed by atoms with Crippen LogP contribution in [0.4, 0.5) is 16.0 Å². The highest BCUT2D eigenvalue weighted by Crippen LogP contribution is 2.21. The number of halogens is 2. The Balaban J connectivity index is 2.31. The van der Waals surface area contributed by atoms with Crippen LogP contribution in [-0.2, 0) is 0 Å². The average Bonchev–Trinajstić information content (AvgIpc) is 2.34. The summed E-state index contributed by atoms with van der Waals surface area (Å²) < 4.78 is 13.4. The van der Waals surface area contributed by atoms with Crippen molar-refractivity contribution in [2.75, 3.05) is 5.32 Å². The molecule has 17 heavy (non-hydrogen) atoms. The number of nitrogens with zero attached hydrogens (tertiary/aromatic N) is 3. The van der Waals surface area contributed by atoms with E-state index >= 15 is 0 Å². The van der Waals surface area contributed by atoms with Gasteiger partial charge >= 0.3 is 0 Å². The van der Waals surface area contributed by atoms with Gasteiger partial charge in [0.2, 0.25) is 5.95 Å². The predicted octanol–water partition coefficient (Wildman–Crippen LogP) is 2.88. The first kappa shape index (κ1) is 11.3. The topological polar surface area (TPSA) is 61.6 Å². The summed E-state index contributed by atoms with van der Waals surface area (Å²) in [7, 11) is 0. The number of nitrogens with one attached hydrogen (secondary N) is 1. The molecule has 0 fully saturated rings. The van der Waals surface area contributed by atoms with Crippen molar-refractivity contribution in [1.82, 2.24) is 9.97 Å². The Morgan fingerprint density at radius 2 is 2.18 bits per heavy atom. The van der Waals surface area contributed by atoms with Gasteiger partial charge in [-0.2, -0.15) is 5.26 Å². The molecule has 0 saturated heterocycles. The Morgan fingerprint density at radius 1 is 1.35 bits per heavy atom. The van der Waals surface area contributed by atoms with Gasteiger partial charge in [0.05, 0.1) is 5.69 Å². The van der Waals surface area contributed by atoms with Crippen molar-refractivity contribution >= 4 is 23.2 Å². The smallest absolute Gasteiger partial charge is 0.228 e. The highest BCUT2D eigenvalue weighted by molar-refractivity contribution is 6.30. The van der Waals surface area contributed by atoms with E-state index < -0.39 is 5.82 Å². The van der Waals surface area contributed by atoms with Crippen molar-refractivity contribution in [2.45, 2.75) is 0 Å². The standard InChI is InChI=1S/C11H6ClFN4/c12-7-1-2-9(13)10(5-7)17-11-15-4-3-8(6-14)16-11/h1-5H,(H,15,16,17). The Bertz CT molecular complexity index is 594. The van der Waals surface area contributed by atoms with Gasteiger partial charge < -0.3 is 5.32 Å². The minimum absolute atomic E-state index is 0.144. The first-order valence-electron chi connectivity index (χ1n) is 4.64. The van der Waals surface area contributed by atoms with Crippen LogP contribution in [0, 0.1) is 17.1 Å². The molecule has 0 spiro atoms. The van der Waals surface area contributed by atoms with Crippen LogP contribution in [0.5, 0.6) is 0 Å². The van der Waals surface area contributed by atoms with E-state index in [-0.39, 0.29) is 17.3 Å². The molecule has 0 unspecified atom stereocenters. The Labute approximate surface area is 102 Å². The SMILES string of the molecule is N#Cc1ccnc(Nc2cc(Cl)ccc2F)n1. The van der Waals surface area contributed by atoms with Crippen molar-refractivity contribution in [3.8, 4) is 6.07 Å². The Kier molecular flexibility index (Phi) is 3.17. The molecular weight excluding hydrogens is 243 g/mol. The number of anilines is 2. The maximum atomic E-state index is 13.4. The van der Waals surface area contributed by atoms with E-state index in [9.17, 15) is 4.39 Å². The van der Waals surface area contributed by atoms with E-state index in [0.717, 1.165) is 0 Å². The van der Waals surface area contributed by atoms with E-state index in [2.05, 4.69) is 15.3 Å². The Morgan fingerprint density at radius 3 is 2.94 bits per heavy atom. The van der Waals surface area contributed by atoms with Crippen LogP contribution in [0.1, 0.15) is 5.69 Å². The summed E-state index contributed by atoms with van der Waals surface area (Å²) in [4.78, 5) is 7.73. The van der Waals surface area contributed by atoms with E-state index in [1.165, 1.54) is 30.5 Å². The molecular formula is C11H6ClFN4. The van der Waals surface area contributed by atoms with Crippen molar-refractivity contribution in [3.05, 3.63) is 47.0 Å². The first-order chi connectivity index (χ1) is 8.19. The molecule has 0 bridgehead atoms. The second kappa shape index (κ2) is 4.76. The fourth-order valence-corrected chi connectivity index (χ4v) is 1.37. The molecule has 1 aromatic carbocycles. The van der Waals surface area contributed by atoms with E-state index in [4.69, 9.17) is 16.9 Å². The van der Waals surface area contributed by atoms with Gasteiger partial charge in [0.15, 0.2) is 0 Å². The normalized spacial score (nSPS) is 9.71. The number of nitriles is 1. The maximum Gasteiger partial charge on any atom is 0.228 e. The van der Waals surface area contributed by atoms with Crippen LogP contribution in [0.3, 0.4) is 0 Å².